The lowest BCUT2D eigenvalue weighted by Crippen LogP contribution is -2.08. The topological polar surface area (TPSA) is 76.7 Å². The summed E-state index contributed by atoms with van der Waals surface area (Å²) < 4.78 is 9.01. The van der Waals surface area contributed by atoms with Crippen molar-refractivity contribution in [3.8, 4) is 5.75 Å². The molecule has 0 aromatic carbocycles. The van der Waals surface area contributed by atoms with Crippen LogP contribution in [0.5, 0.6) is 5.75 Å². The van der Waals surface area contributed by atoms with Gasteiger partial charge in [-0.3, -0.25) is 0 Å². The molecule has 5 heteroatoms. The molecule has 0 bridgehead atoms. The van der Waals surface area contributed by atoms with Crippen LogP contribution in [0.4, 0.5) is 0 Å². The van der Waals surface area contributed by atoms with Gasteiger partial charge in [-0.25, -0.2) is 9.59 Å². The second kappa shape index (κ2) is 3.75. The third-order valence-corrected chi connectivity index (χ3v) is 1.28. The summed E-state index contributed by atoms with van der Waals surface area (Å²) in [6.45, 7) is 1.83. The van der Waals surface area contributed by atoms with Gasteiger partial charge in [-0.2, -0.15) is 0 Å². The first-order valence-electron chi connectivity index (χ1n) is 3.65. The van der Waals surface area contributed by atoms with Crippen molar-refractivity contribution < 1.29 is 19.1 Å². The van der Waals surface area contributed by atoms with Crippen molar-refractivity contribution >= 4 is 5.97 Å². The monoisotopic (exact) mass is 184 g/mol. The summed E-state index contributed by atoms with van der Waals surface area (Å²) in [7, 11) is 0. The van der Waals surface area contributed by atoms with E-state index in [0.717, 1.165) is 6.07 Å². The lowest BCUT2D eigenvalue weighted by atomic mass is 10.4. The summed E-state index contributed by atoms with van der Waals surface area (Å²) in [5.41, 5.74) is -0.953. The van der Waals surface area contributed by atoms with Crippen LogP contribution in [0.3, 0.4) is 0 Å². The Hall–Kier alpha value is -1.78. The van der Waals surface area contributed by atoms with E-state index in [1.165, 1.54) is 6.07 Å². The van der Waals surface area contributed by atoms with Crippen LogP contribution in [0.2, 0.25) is 0 Å². The van der Waals surface area contributed by atoms with Crippen LogP contribution >= 0.6 is 0 Å². The molecule has 1 aromatic heterocycles. The van der Waals surface area contributed by atoms with Gasteiger partial charge in [0.25, 0.3) is 0 Å². The molecule has 0 saturated heterocycles. The molecule has 1 aromatic rings. The van der Waals surface area contributed by atoms with Crippen LogP contribution in [0.15, 0.2) is 21.3 Å². The minimum absolute atomic E-state index is 0.198. The van der Waals surface area contributed by atoms with E-state index in [1.54, 1.807) is 6.92 Å². The van der Waals surface area contributed by atoms with Crippen LogP contribution in [-0.2, 0) is 4.74 Å². The summed E-state index contributed by atoms with van der Waals surface area (Å²) in [4.78, 5) is 21.7. The largest absolute Gasteiger partial charge is 0.502 e. The van der Waals surface area contributed by atoms with Gasteiger partial charge in [0.2, 0.25) is 11.5 Å². The molecular weight excluding hydrogens is 176 g/mol. The summed E-state index contributed by atoms with van der Waals surface area (Å²) in [5, 5.41) is 8.80. The van der Waals surface area contributed by atoms with E-state index in [1.807, 2.05) is 0 Å². The highest BCUT2D eigenvalue weighted by Crippen LogP contribution is 2.04. The predicted molar refractivity (Wildman–Crippen MR) is 42.6 cm³/mol. The first-order chi connectivity index (χ1) is 6.15. The van der Waals surface area contributed by atoms with Crippen LogP contribution in [0, 0.1) is 0 Å². The second-order valence-corrected chi connectivity index (χ2v) is 2.19. The van der Waals surface area contributed by atoms with Gasteiger partial charge >= 0.3 is 11.6 Å². The zero-order valence-corrected chi connectivity index (χ0v) is 6.94. The van der Waals surface area contributed by atoms with Crippen molar-refractivity contribution in [3.63, 3.8) is 0 Å². The number of hydrogen-bond donors (Lipinski definition) is 1. The number of ether oxygens (including phenoxy) is 1. The lowest BCUT2D eigenvalue weighted by molar-refractivity contribution is 0.0484. The van der Waals surface area contributed by atoms with E-state index in [0.29, 0.717) is 0 Å². The maximum absolute atomic E-state index is 11.0. The van der Waals surface area contributed by atoms with E-state index in [9.17, 15) is 9.59 Å². The number of aromatic hydroxyl groups is 1. The molecule has 0 saturated carbocycles. The van der Waals surface area contributed by atoms with Gasteiger partial charge in [-0.1, -0.05) is 0 Å². The number of esters is 1. The van der Waals surface area contributed by atoms with Crippen molar-refractivity contribution in [3.05, 3.63) is 28.3 Å². The number of rotatable bonds is 2. The van der Waals surface area contributed by atoms with Crippen molar-refractivity contribution in [2.75, 3.05) is 6.61 Å². The van der Waals surface area contributed by atoms with Gasteiger partial charge in [0.1, 0.15) is 0 Å². The zero-order chi connectivity index (χ0) is 9.84. The number of carbonyl (C=O) groups excluding carboxylic acids is 1. The standard InChI is InChI=1S/C8H8O5/c1-2-12-8(11)6-4-3-5(9)7(10)13-6/h3-4,9H,2H2,1H3. The van der Waals surface area contributed by atoms with Crippen molar-refractivity contribution in [2.24, 2.45) is 0 Å². The predicted octanol–water partition coefficient (Wildman–Crippen LogP) is 0.522. The van der Waals surface area contributed by atoms with Gasteiger partial charge in [-0.05, 0) is 19.1 Å². The molecule has 70 valence electrons. The summed E-state index contributed by atoms with van der Waals surface area (Å²) in [5.74, 6) is -1.47. The molecule has 0 unspecified atom stereocenters. The Morgan fingerprint density at radius 2 is 2.31 bits per heavy atom. The minimum Gasteiger partial charge on any atom is -0.502 e. The van der Waals surface area contributed by atoms with E-state index in [4.69, 9.17) is 5.11 Å². The average molecular weight is 184 g/mol. The first kappa shape index (κ1) is 9.31. The normalized spacial score (nSPS) is 9.62. The zero-order valence-electron chi connectivity index (χ0n) is 6.94. The van der Waals surface area contributed by atoms with Gasteiger partial charge in [0, 0.05) is 0 Å². The SMILES string of the molecule is CCOC(=O)c1ccc(O)c(=O)o1. The van der Waals surface area contributed by atoms with E-state index >= 15 is 0 Å². The fraction of sp³-hybridized carbons (Fsp3) is 0.250. The van der Waals surface area contributed by atoms with Crippen molar-refractivity contribution in [1.82, 2.24) is 0 Å². The third kappa shape index (κ3) is 2.08. The van der Waals surface area contributed by atoms with Gasteiger partial charge in [0.15, 0.2) is 0 Å². The van der Waals surface area contributed by atoms with Crippen LogP contribution < -0.4 is 5.63 Å². The molecule has 0 amide bonds. The molecule has 1 rings (SSSR count). The van der Waals surface area contributed by atoms with E-state index in [2.05, 4.69) is 9.15 Å². The van der Waals surface area contributed by atoms with Crippen LogP contribution in [-0.4, -0.2) is 17.7 Å². The van der Waals surface area contributed by atoms with Gasteiger partial charge in [0.05, 0.1) is 6.61 Å². The molecule has 5 nitrogen and oxygen atoms in total. The molecule has 0 aliphatic rings. The van der Waals surface area contributed by atoms with Crippen molar-refractivity contribution in [1.29, 1.82) is 0 Å². The van der Waals surface area contributed by atoms with E-state index in [-0.39, 0.29) is 12.4 Å². The highest BCUT2D eigenvalue weighted by atomic mass is 16.5. The summed E-state index contributed by atoms with van der Waals surface area (Å²) in [6.07, 6.45) is 0. The summed E-state index contributed by atoms with van der Waals surface area (Å²) >= 11 is 0. The molecule has 13 heavy (non-hydrogen) atoms. The molecule has 0 radical (unpaired) electrons. The molecule has 0 fully saturated rings. The lowest BCUT2D eigenvalue weighted by Gasteiger charge is -1.98. The van der Waals surface area contributed by atoms with Gasteiger partial charge in [-0.15, -0.1) is 0 Å². The Bertz CT molecular complexity index is 365. The Kier molecular flexibility index (Phi) is 2.69. The fourth-order valence-corrected chi connectivity index (χ4v) is 0.721. The Morgan fingerprint density at radius 3 is 2.85 bits per heavy atom. The molecule has 0 aliphatic carbocycles. The quantitative estimate of drug-likeness (QED) is 0.678. The first-order valence-corrected chi connectivity index (χ1v) is 3.65. The number of hydrogen-bond acceptors (Lipinski definition) is 5. The Balaban J connectivity index is 2.97. The molecule has 0 aliphatic heterocycles. The van der Waals surface area contributed by atoms with Gasteiger partial charge < -0.3 is 14.3 Å². The minimum atomic E-state index is -0.953. The van der Waals surface area contributed by atoms with Crippen LogP contribution in [0.1, 0.15) is 17.5 Å². The molecule has 0 atom stereocenters. The Morgan fingerprint density at radius 1 is 1.62 bits per heavy atom. The third-order valence-electron chi connectivity index (χ3n) is 1.28. The number of carbonyl (C=O) groups is 1. The molecule has 1 heterocycles. The van der Waals surface area contributed by atoms with Crippen LogP contribution in [0.25, 0.3) is 0 Å². The second-order valence-electron chi connectivity index (χ2n) is 2.19. The van der Waals surface area contributed by atoms with Crippen molar-refractivity contribution in [2.45, 2.75) is 6.92 Å². The molecular formula is C8H8O5. The maximum Gasteiger partial charge on any atom is 0.379 e. The smallest absolute Gasteiger partial charge is 0.379 e. The van der Waals surface area contributed by atoms with E-state index < -0.39 is 17.3 Å². The molecule has 0 spiro atoms. The average Bonchev–Trinajstić information content (AvgIpc) is 2.10. The Labute approximate surface area is 73.6 Å². The maximum atomic E-state index is 11.0. The highest BCUT2D eigenvalue weighted by molar-refractivity contribution is 5.86. The summed E-state index contributed by atoms with van der Waals surface area (Å²) in [6, 6.07) is 2.26. The highest BCUT2D eigenvalue weighted by Gasteiger charge is 2.10. The fourth-order valence-electron chi connectivity index (χ4n) is 0.721. The molecule has 1 N–H and O–H groups in total.